The van der Waals surface area contributed by atoms with Gasteiger partial charge in [0, 0.05) is 38.3 Å². The largest absolute Gasteiger partial charge is 1.00 e. The number of anilines is 2. The Kier molecular flexibility index (Phi) is 20.0. The quantitative estimate of drug-likeness (QED) is 0.0725. The van der Waals surface area contributed by atoms with Crippen LogP contribution in [0, 0.1) is 0 Å². The Morgan fingerprint density at radius 3 is 1.36 bits per heavy atom. The van der Waals surface area contributed by atoms with Gasteiger partial charge in [-0.3, -0.25) is 0 Å². The van der Waals surface area contributed by atoms with E-state index in [9.17, 15) is 57.0 Å². The predicted octanol–water partition coefficient (Wildman–Crippen LogP) is -2.53. The van der Waals surface area contributed by atoms with Gasteiger partial charge in [-0.15, -0.1) is 30.7 Å². The standard InChI is InChI=1S/C42H29N7O13S4.4Na/c50-42-40(66(60,61)62)20-24-10-11-26(43-25-6-2-1-3-7-25)21-32(24)41(42)49-47-35-16-15-34(29-8-4-5-9-30(29)35)44-46-37-18-17-36(31-14-12-27(22-33(31)37)63(51,52)53)45-48-38-23-28(64(54,55)56)13-19-39(38)65(57,58)59;;;;/h1-23,43,50H,(H,51,52,53)(H,54,55,56)(H,57,58,59)(H,60,61,62);;;;/q;4*+1/p-4. The van der Waals surface area contributed by atoms with E-state index < -0.39 is 71.5 Å². The maximum atomic E-state index is 12.2. The van der Waals surface area contributed by atoms with Crippen molar-refractivity contribution in [2.24, 2.45) is 30.7 Å². The van der Waals surface area contributed by atoms with Gasteiger partial charge in [0.25, 0.3) is 0 Å². The Balaban J connectivity index is 0.00000266. The van der Waals surface area contributed by atoms with Crippen LogP contribution in [0.2, 0.25) is 0 Å². The normalized spacial score (nSPS) is 12.2. The molecule has 8 rings (SSSR count). The van der Waals surface area contributed by atoms with Crippen LogP contribution in [-0.4, -0.2) is 57.0 Å². The number of aromatic hydroxyl groups is 1. The third-order valence-electron chi connectivity index (χ3n) is 9.77. The molecule has 0 saturated carbocycles. The van der Waals surface area contributed by atoms with Gasteiger partial charge < -0.3 is 28.6 Å². The van der Waals surface area contributed by atoms with E-state index in [0.29, 0.717) is 34.7 Å². The van der Waals surface area contributed by atoms with Crippen molar-refractivity contribution in [2.45, 2.75) is 19.6 Å². The van der Waals surface area contributed by atoms with Gasteiger partial charge >= 0.3 is 118 Å². The summed E-state index contributed by atoms with van der Waals surface area (Å²) in [5.41, 5.74) is 0.521. The van der Waals surface area contributed by atoms with Crippen molar-refractivity contribution < 1.29 is 175 Å². The van der Waals surface area contributed by atoms with Gasteiger partial charge in [-0.05, 0) is 90.3 Å². The molecule has 0 atom stereocenters. The summed E-state index contributed by atoms with van der Waals surface area (Å²) in [5, 5.41) is 40.8. The van der Waals surface area contributed by atoms with E-state index in [1.165, 1.54) is 30.3 Å². The van der Waals surface area contributed by atoms with E-state index >= 15 is 0 Å². The molecule has 8 aromatic rings. The van der Waals surface area contributed by atoms with Crippen LogP contribution in [0.15, 0.2) is 190 Å². The molecule has 0 aliphatic heterocycles. The number of fused-ring (bicyclic) bond motifs is 3. The SMILES string of the molecule is O=S(=O)([O-])c1ccc(S(=O)(=O)[O-])c(N=Nc2ccc(N=Nc3ccc(N=Nc4c(O)c(S(=O)(=O)[O-])cc5ccc(Nc6ccccc6)cc45)c4ccccc34)c3cc(S(=O)(=O)[O-])ccc23)c1.[Na+].[Na+].[Na+].[Na+]. The Bertz CT molecular complexity index is 3890. The molecule has 0 aromatic heterocycles. The van der Waals surface area contributed by atoms with Crippen molar-refractivity contribution in [3.8, 4) is 5.75 Å². The van der Waals surface area contributed by atoms with Crippen LogP contribution in [-0.2, 0) is 40.5 Å². The van der Waals surface area contributed by atoms with Crippen LogP contribution in [0.5, 0.6) is 5.75 Å². The molecule has 70 heavy (non-hydrogen) atoms. The zero-order valence-corrected chi connectivity index (χ0v) is 48.2. The van der Waals surface area contributed by atoms with Gasteiger partial charge in [0.1, 0.15) is 51.8 Å². The number of rotatable bonds is 12. The van der Waals surface area contributed by atoms with E-state index in [1.807, 2.05) is 30.3 Å². The summed E-state index contributed by atoms with van der Waals surface area (Å²) < 4.78 is 143. The molecule has 334 valence electrons. The molecule has 28 heteroatoms. The van der Waals surface area contributed by atoms with Crippen molar-refractivity contribution in [2.75, 3.05) is 5.32 Å². The molecule has 2 N–H and O–H groups in total. The molecule has 8 aromatic carbocycles. The van der Waals surface area contributed by atoms with Crippen LogP contribution in [0.1, 0.15) is 0 Å². The summed E-state index contributed by atoms with van der Waals surface area (Å²) in [6, 6.07) is 32.1. The first kappa shape index (κ1) is 59.1. The van der Waals surface area contributed by atoms with E-state index in [4.69, 9.17) is 0 Å². The second-order valence-corrected chi connectivity index (χ2v) is 19.5. The zero-order chi connectivity index (χ0) is 47.2. The van der Waals surface area contributed by atoms with Crippen LogP contribution >= 0.6 is 0 Å². The van der Waals surface area contributed by atoms with Crippen molar-refractivity contribution in [1.82, 2.24) is 0 Å². The number of hydrogen-bond acceptors (Lipinski definition) is 20. The minimum Gasteiger partial charge on any atom is -0.744 e. The van der Waals surface area contributed by atoms with Gasteiger partial charge in [-0.25, -0.2) is 33.7 Å². The average molecular weight is 1060 g/mol. The van der Waals surface area contributed by atoms with E-state index in [-0.39, 0.29) is 168 Å². The van der Waals surface area contributed by atoms with Crippen LogP contribution in [0.25, 0.3) is 32.3 Å². The summed E-state index contributed by atoms with van der Waals surface area (Å²) in [5.74, 6) is -0.912. The Labute approximate surface area is 488 Å². The Morgan fingerprint density at radius 2 is 0.829 bits per heavy atom. The van der Waals surface area contributed by atoms with Crippen LogP contribution in [0.4, 0.5) is 45.5 Å². The third kappa shape index (κ3) is 13.4. The summed E-state index contributed by atoms with van der Waals surface area (Å²) >= 11 is 0. The number of para-hydroxylation sites is 1. The second kappa shape index (κ2) is 23.6. The maximum Gasteiger partial charge on any atom is 1.00 e. The molecule has 0 aliphatic rings. The minimum atomic E-state index is -5.25. The van der Waals surface area contributed by atoms with Gasteiger partial charge in [-0.1, -0.05) is 54.6 Å². The fraction of sp³-hybridized carbons (Fsp3) is 0. The topological polar surface area (TPSA) is 335 Å². The number of phenolic OH excluding ortho intramolecular Hbond substituents is 1. The fourth-order valence-corrected chi connectivity index (χ4v) is 8.91. The molecule has 0 aliphatic carbocycles. The van der Waals surface area contributed by atoms with E-state index in [1.54, 1.807) is 42.5 Å². The molecule has 0 amide bonds. The van der Waals surface area contributed by atoms with Crippen molar-refractivity contribution in [3.05, 3.63) is 140 Å². The molecule has 0 unspecified atom stereocenters. The summed E-state index contributed by atoms with van der Waals surface area (Å²) in [4.78, 5) is -3.46. The molecule has 0 spiro atoms. The van der Waals surface area contributed by atoms with Gasteiger partial charge in [0.15, 0.2) is 5.75 Å². The monoisotopic (exact) mass is 1050 g/mol. The molecule has 0 saturated heterocycles. The number of phenols is 1. The molecule has 20 nitrogen and oxygen atoms in total. The number of hydrogen-bond donors (Lipinski definition) is 2. The van der Waals surface area contributed by atoms with Crippen molar-refractivity contribution in [1.29, 1.82) is 0 Å². The van der Waals surface area contributed by atoms with Gasteiger partial charge in [-0.2, -0.15) is 0 Å². The zero-order valence-electron chi connectivity index (χ0n) is 36.9. The number of benzene rings is 8. The van der Waals surface area contributed by atoms with Crippen LogP contribution in [0.3, 0.4) is 0 Å². The molecule has 0 radical (unpaired) electrons. The molecule has 0 fully saturated rings. The van der Waals surface area contributed by atoms with E-state index in [0.717, 1.165) is 23.9 Å². The van der Waals surface area contributed by atoms with Crippen molar-refractivity contribution >= 4 is 118 Å². The molecular formula is C42H25N7Na4O13S4. The van der Waals surface area contributed by atoms with Crippen molar-refractivity contribution in [3.63, 3.8) is 0 Å². The van der Waals surface area contributed by atoms with Crippen LogP contribution < -0.4 is 124 Å². The van der Waals surface area contributed by atoms with E-state index in [2.05, 4.69) is 36.0 Å². The molecule has 0 bridgehead atoms. The Hall–Kier alpha value is -3.42. The minimum absolute atomic E-state index is 0. The summed E-state index contributed by atoms with van der Waals surface area (Å²) in [7, 11) is -20.6. The molecule has 0 heterocycles. The number of azo groups is 3. The first-order valence-electron chi connectivity index (χ1n) is 18.6. The Morgan fingerprint density at radius 1 is 0.371 bits per heavy atom. The molecular weight excluding hydrogens is 1030 g/mol. The number of nitrogens with one attached hydrogen (secondary N) is 1. The second-order valence-electron chi connectivity index (χ2n) is 14.0. The maximum absolute atomic E-state index is 12.2. The first-order chi connectivity index (χ1) is 31.1. The summed E-state index contributed by atoms with van der Waals surface area (Å²) in [6.07, 6.45) is 0. The predicted molar refractivity (Wildman–Crippen MR) is 234 cm³/mol. The number of nitrogens with zero attached hydrogens (tertiary/aromatic N) is 6. The fourth-order valence-electron chi connectivity index (χ4n) is 6.73. The van der Waals surface area contributed by atoms with Gasteiger partial charge in [0.05, 0.1) is 42.3 Å². The smallest absolute Gasteiger partial charge is 0.744 e. The average Bonchev–Trinajstić information content (AvgIpc) is 3.26. The summed E-state index contributed by atoms with van der Waals surface area (Å²) in [6.45, 7) is 0. The van der Waals surface area contributed by atoms with Gasteiger partial charge in [0.2, 0.25) is 0 Å². The third-order valence-corrected chi connectivity index (χ3v) is 13.2. The first-order valence-corrected chi connectivity index (χ1v) is 24.2.